The first-order valence-electron chi connectivity index (χ1n) is 40.0. The van der Waals surface area contributed by atoms with Crippen LogP contribution in [0.4, 0.5) is 0 Å². The minimum atomic E-state index is -4.83. The predicted molar refractivity (Wildman–Crippen MR) is 502 cm³/mol. The van der Waals surface area contributed by atoms with Gasteiger partial charge in [0.1, 0.15) is 92.6 Å². The number of aromatic hydroxyl groups is 6. The van der Waals surface area contributed by atoms with Crippen LogP contribution in [0, 0.1) is 58.4 Å². The van der Waals surface area contributed by atoms with E-state index >= 15 is 0 Å². The van der Waals surface area contributed by atoms with E-state index in [0.29, 0.717) is 80.9 Å². The van der Waals surface area contributed by atoms with Gasteiger partial charge in [-0.2, -0.15) is 0 Å². The third kappa shape index (κ3) is 29.7. The molecule has 6 N–H and O–H groups in total. The number of hydrogen-bond acceptors (Lipinski definition) is 36. The average molecular weight is 1990 g/mol. The van der Waals surface area contributed by atoms with Crippen LogP contribution in [0.1, 0.15) is 264 Å². The van der Waals surface area contributed by atoms with Gasteiger partial charge in [-0.15, -0.1) is 0 Å². The minimum Gasteiger partial charge on any atom is -0.744 e. The quantitative estimate of drug-likeness (QED) is 0.0157. The molecule has 0 radical (unpaired) electrons. The van der Waals surface area contributed by atoms with Gasteiger partial charge < -0.3 is 115 Å². The first-order chi connectivity index (χ1) is 58.4. The normalized spacial score (nSPS) is 12.5. The Hall–Kier alpha value is -9.60. The number of ether oxygens (including phenoxy) is 12. The third-order valence-electron chi connectivity index (χ3n) is 21.4. The predicted octanol–water partition coefficient (Wildman–Crippen LogP) is 17.3. The van der Waals surface area contributed by atoms with Crippen LogP contribution in [-0.2, 0) is 86.4 Å². The molecule has 6 rings (SSSR count). The molecule has 0 aliphatic carbocycles. The number of phenolic OH excluding ortho intramolecular Hbond substituents is 6. The summed E-state index contributed by atoms with van der Waals surface area (Å²) in [6.07, 6.45) is 6.21. The van der Waals surface area contributed by atoms with E-state index in [0.717, 1.165) is 6.42 Å². The molecule has 0 aliphatic heterocycles. The van der Waals surface area contributed by atoms with Crippen molar-refractivity contribution in [2.45, 2.75) is 267 Å². The van der Waals surface area contributed by atoms with Crippen LogP contribution in [0.2, 0.25) is 0 Å². The van der Waals surface area contributed by atoms with Gasteiger partial charge in [-0.05, 0) is 114 Å². The zero-order valence-corrected chi connectivity index (χ0v) is 88.2. The molecular weight excluding hydrogens is 1850 g/mol. The summed E-state index contributed by atoms with van der Waals surface area (Å²) < 4.78 is 272. The SMILES string of the molecule is CCC(C)c1c(O)c(C)c(OC)c(OC)c1S(=O)(=O)[O-].CCC(C)c1c(O)c(OC)c(OC)c(C)c1S(=O)(=O)[O-].CCCc1c(O)c(C(C)CC)c(S(=O)(=O)[O-])c(OC)c1OC.CCCc1c(OC)c(OC)c(O)c(C(C)CC)c1S(=O)(=O)[O-].CCc1c(O)c(C(C)CC)c(S(=O)(=O)[O-])c(OC)c1OC.CCc1c(OC)c(OC)c(O)c(C(C)CC)c1S(=O)(=O)[O-].[CH3+].[CH3+].[CH3+].[CH3+].[CH3+].[CH3+]. The highest BCUT2D eigenvalue weighted by molar-refractivity contribution is 7.87. The molecule has 0 saturated carbocycles. The van der Waals surface area contributed by atoms with Crippen LogP contribution in [0.5, 0.6) is 103 Å². The van der Waals surface area contributed by atoms with Gasteiger partial charge in [0.15, 0.2) is 69.0 Å². The number of methoxy groups -OCH3 is 12. The summed E-state index contributed by atoms with van der Waals surface area (Å²) in [6, 6.07) is 0. The summed E-state index contributed by atoms with van der Waals surface area (Å²) in [6.45, 7) is 31.8. The van der Waals surface area contributed by atoms with Crippen LogP contribution >= 0.6 is 0 Å². The lowest BCUT2D eigenvalue weighted by atomic mass is 9.92. The fraction of sp³-hybridized carbons (Fsp3) is 0.533. The number of hydrogen-bond donors (Lipinski definition) is 6. The number of benzene rings is 6. The van der Waals surface area contributed by atoms with Crippen LogP contribution in [0.15, 0.2) is 29.4 Å². The van der Waals surface area contributed by atoms with Gasteiger partial charge in [-0.3, -0.25) is 0 Å². The Morgan fingerprint density at radius 1 is 0.227 bits per heavy atom. The molecule has 0 saturated heterocycles. The largest absolute Gasteiger partial charge is 0.744 e. The van der Waals surface area contributed by atoms with Crippen molar-refractivity contribution >= 4 is 60.7 Å². The van der Waals surface area contributed by atoms with E-state index in [1.54, 1.807) is 62.3 Å². The zero-order chi connectivity index (χ0) is 98.2. The molecule has 0 spiro atoms. The van der Waals surface area contributed by atoms with Gasteiger partial charge in [-0.25, -0.2) is 50.5 Å². The second kappa shape index (κ2) is 56.6. The van der Waals surface area contributed by atoms with Gasteiger partial charge in [-0.1, -0.05) is 124 Å². The topological polar surface area (TPSA) is 575 Å². The Balaban J connectivity index is -0.000000358. The van der Waals surface area contributed by atoms with Crippen molar-refractivity contribution in [3.8, 4) is 103 Å². The standard InChI is InChI=1S/2C15H24O6S.2C14H22O6S.2C13H20O6S.6CH3/c1-6-8-10-13(20-4)14(21-5)12(16)11(9(3)7-2)15(10)22(17,18)19;1-6-8-10-12(16)11(9(3)7-2)15(22(17,18)19)14(21-5)13(10)20-4;1-6-8(3)10-11(15)13(20-5)12(19-4)9(7-2)14(10)21(16,17)18;1-6-8(3)10-11(15)9(7-2)12(19-4)13(20-5)14(10)21(16,17)18;1-6-7(2)9-10(14)12(19-5)11(18-4)8(3)13(9)20(15,16)17;1-6-7(2)9-10(14)8(3)11(18-4)12(19-5)13(9)20(15,16)17;;;;;;/h2*9,16H,6-8H2,1-5H3,(H,17,18,19);2*8,15H,6-7H2,1-5H3,(H,16,17,18);2*7,14H,6H2,1-5H3,(H,15,16,17);6*1H3/q;;;;;;6*+1/p-6. The summed E-state index contributed by atoms with van der Waals surface area (Å²) >= 11 is 0. The van der Waals surface area contributed by atoms with Crippen molar-refractivity contribution in [1.82, 2.24) is 0 Å². The molecule has 6 unspecified atom stereocenters. The van der Waals surface area contributed by atoms with E-state index in [2.05, 4.69) is 0 Å². The third-order valence-corrected chi connectivity index (χ3v) is 27.1. The monoisotopic (exact) mass is 1990 g/mol. The van der Waals surface area contributed by atoms with Crippen molar-refractivity contribution < 1.29 is 165 Å². The van der Waals surface area contributed by atoms with Crippen molar-refractivity contribution in [3.05, 3.63) is 111 Å². The Morgan fingerprint density at radius 2 is 0.409 bits per heavy atom. The highest BCUT2D eigenvalue weighted by atomic mass is 32.2. The molecule has 0 heterocycles. The van der Waals surface area contributed by atoms with E-state index < -0.39 is 85.2 Å². The number of phenols is 6. The molecule has 0 aliphatic rings. The molecule has 0 bridgehead atoms. The van der Waals surface area contributed by atoms with Gasteiger partial charge in [0.25, 0.3) is 0 Å². The van der Waals surface area contributed by atoms with E-state index in [1.807, 2.05) is 55.4 Å². The first kappa shape index (κ1) is 133. The Labute approximate surface area is 787 Å². The van der Waals surface area contributed by atoms with E-state index in [1.165, 1.54) is 92.2 Å². The van der Waals surface area contributed by atoms with Gasteiger partial charge >= 0.3 is 0 Å². The first-order valence-corrected chi connectivity index (χ1v) is 48.5. The zero-order valence-electron chi connectivity index (χ0n) is 83.3. The van der Waals surface area contributed by atoms with Gasteiger partial charge in [0, 0.05) is 111 Å². The van der Waals surface area contributed by atoms with Crippen LogP contribution in [0.25, 0.3) is 0 Å². The molecule has 6 atom stereocenters. The highest BCUT2D eigenvalue weighted by Gasteiger charge is 2.37. The Bertz CT molecular complexity index is 5330. The Morgan fingerprint density at radius 3 is 0.644 bits per heavy atom. The van der Waals surface area contributed by atoms with Crippen LogP contribution in [-0.4, -0.2) is 194 Å². The second-order valence-corrected chi connectivity index (χ2v) is 36.8. The lowest BCUT2D eigenvalue weighted by Gasteiger charge is -2.26. The number of rotatable bonds is 36. The van der Waals surface area contributed by atoms with Crippen molar-refractivity contribution in [1.29, 1.82) is 0 Å². The lowest BCUT2D eigenvalue weighted by Crippen LogP contribution is -2.13. The average Bonchev–Trinajstić information content (AvgIpc) is 0.669. The maximum absolute atomic E-state index is 11.8. The fourth-order valence-corrected chi connectivity index (χ4v) is 20.4. The minimum absolute atomic E-state index is 0. The second-order valence-electron chi connectivity index (χ2n) is 28.9. The molecule has 0 amide bonds. The van der Waals surface area contributed by atoms with Crippen molar-refractivity contribution in [2.24, 2.45) is 0 Å². The summed E-state index contributed by atoms with van der Waals surface area (Å²) in [5.74, 6) is -3.39. The molecule has 36 nitrogen and oxygen atoms in total. The fourth-order valence-electron chi connectivity index (χ4n) is 14.3. The molecule has 6 aromatic rings. The van der Waals surface area contributed by atoms with Crippen molar-refractivity contribution in [3.63, 3.8) is 0 Å². The maximum atomic E-state index is 11.8. The van der Waals surface area contributed by atoms with Crippen LogP contribution < -0.4 is 56.8 Å². The molecule has 756 valence electrons. The molecular formula is C90H144O36S6. The molecule has 0 fully saturated rings. The van der Waals surface area contributed by atoms with E-state index in [4.69, 9.17) is 56.8 Å². The van der Waals surface area contributed by atoms with E-state index in [-0.39, 0.29) is 245 Å². The summed E-state index contributed by atoms with van der Waals surface area (Å²) in [7, 11) is -12.9. The molecule has 42 heteroatoms. The molecule has 132 heavy (non-hydrogen) atoms. The summed E-state index contributed by atoms with van der Waals surface area (Å²) in [4.78, 5) is -2.81. The van der Waals surface area contributed by atoms with Gasteiger partial charge in [0.2, 0.25) is 17.2 Å². The Kier molecular flexibility index (Phi) is 57.0. The van der Waals surface area contributed by atoms with Crippen LogP contribution in [0.3, 0.4) is 0 Å². The lowest BCUT2D eigenvalue weighted by molar-refractivity contribution is 0.324. The van der Waals surface area contributed by atoms with E-state index in [9.17, 15) is 108 Å². The molecule has 6 aromatic carbocycles. The summed E-state index contributed by atoms with van der Waals surface area (Å²) in [5.41, 5.74) is 2.46. The smallest absolute Gasteiger partial charge is 0.203 e. The summed E-state index contributed by atoms with van der Waals surface area (Å²) in [5, 5.41) is 62.3. The maximum Gasteiger partial charge on any atom is 0.203 e. The highest BCUT2D eigenvalue weighted by Crippen LogP contribution is 2.56. The molecule has 0 aromatic heterocycles. The van der Waals surface area contributed by atoms with Crippen molar-refractivity contribution in [2.75, 3.05) is 85.3 Å². The van der Waals surface area contributed by atoms with Gasteiger partial charge in [0.05, 0.1) is 100 Å².